The molecule has 44 heavy (non-hydrogen) atoms. The van der Waals surface area contributed by atoms with Gasteiger partial charge >= 0.3 is 0 Å². The molecule has 0 fully saturated rings. The molecule has 0 amide bonds. The van der Waals surface area contributed by atoms with Crippen LogP contribution in [0.4, 0.5) is 17.1 Å². The van der Waals surface area contributed by atoms with Crippen LogP contribution in [0.5, 0.6) is 0 Å². The minimum Gasteiger partial charge on any atom is -0.456 e. The van der Waals surface area contributed by atoms with E-state index in [9.17, 15) is 0 Å². The predicted molar refractivity (Wildman–Crippen MR) is 184 cm³/mol. The molecule has 0 atom stereocenters. The van der Waals surface area contributed by atoms with E-state index in [1.54, 1.807) is 6.20 Å². The first-order valence-corrected chi connectivity index (χ1v) is 14.9. The van der Waals surface area contributed by atoms with E-state index in [-0.39, 0.29) is 0 Å². The van der Waals surface area contributed by atoms with Crippen molar-refractivity contribution in [2.24, 2.45) is 0 Å². The Morgan fingerprint density at radius 1 is 0.477 bits per heavy atom. The zero-order chi connectivity index (χ0) is 29.0. The summed E-state index contributed by atoms with van der Waals surface area (Å²) in [5.41, 5.74) is 7.30. The molecule has 0 aliphatic heterocycles. The molecule has 0 spiro atoms. The van der Waals surface area contributed by atoms with Gasteiger partial charge in [0.25, 0.3) is 0 Å². The van der Waals surface area contributed by atoms with Crippen molar-refractivity contribution in [1.82, 2.24) is 4.98 Å². The molecule has 2 heterocycles. The predicted octanol–water partition coefficient (Wildman–Crippen LogP) is 11.6. The molecule has 7 aromatic carbocycles. The minimum atomic E-state index is 0.835. The molecule has 9 rings (SSSR count). The van der Waals surface area contributed by atoms with Gasteiger partial charge in [0.15, 0.2) is 0 Å². The monoisotopic (exact) mass is 562 g/mol. The van der Waals surface area contributed by atoms with Crippen LogP contribution < -0.4 is 4.90 Å². The molecule has 0 unspecified atom stereocenters. The summed E-state index contributed by atoms with van der Waals surface area (Å²) in [5, 5.41) is 9.67. The third-order valence-electron chi connectivity index (χ3n) is 8.73. The molecule has 9 aromatic rings. The summed E-state index contributed by atoms with van der Waals surface area (Å²) in [6, 6.07) is 51.9. The molecular formula is C41H26N2O. The SMILES string of the molecule is c1ccc(N(c2ccc(-c3cc4c5ccccc5ccc4c4ccccc34)cc2)c2cccc3oc4ccncc4c23)cc1. The maximum atomic E-state index is 6.23. The van der Waals surface area contributed by atoms with E-state index in [1.807, 2.05) is 18.3 Å². The highest BCUT2D eigenvalue weighted by Crippen LogP contribution is 2.44. The van der Waals surface area contributed by atoms with Crippen molar-refractivity contribution < 1.29 is 4.42 Å². The second-order valence-corrected chi connectivity index (χ2v) is 11.2. The minimum absolute atomic E-state index is 0.835. The quantitative estimate of drug-likeness (QED) is 0.200. The highest BCUT2D eigenvalue weighted by atomic mass is 16.3. The summed E-state index contributed by atoms with van der Waals surface area (Å²) in [5.74, 6) is 0. The van der Waals surface area contributed by atoms with Crippen molar-refractivity contribution in [1.29, 1.82) is 0 Å². The fourth-order valence-electron chi connectivity index (χ4n) is 6.73. The highest BCUT2D eigenvalue weighted by Gasteiger charge is 2.19. The van der Waals surface area contributed by atoms with Crippen LogP contribution in [0.1, 0.15) is 0 Å². The molecule has 0 saturated heterocycles. The van der Waals surface area contributed by atoms with Gasteiger partial charge in [-0.05, 0) is 92.0 Å². The van der Waals surface area contributed by atoms with E-state index in [4.69, 9.17) is 4.42 Å². The zero-order valence-electron chi connectivity index (χ0n) is 23.8. The van der Waals surface area contributed by atoms with Crippen LogP contribution in [-0.2, 0) is 0 Å². The van der Waals surface area contributed by atoms with Gasteiger partial charge in [-0.1, -0.05) is 97.1 Å². The summed E-state index contributed by atoms with van der Waals surface area (Å²) in [4.78, 5) is 6.72. The Bertz CT molecular complexity index is 2490. The number of rotatable bonds is 4. The molecular weight excluding hydrogens is 536 g/mol. The van der Waals surface area contributed by atoms with Gasteiger partial charge in [-0.3, -0.25) is 4.98 Å². The smallest absolute Gasteiger partial charge is 0.138 e. The van der Waals surface area contributed by atoms with Crippen molar-refractivity contribution in [3.8, 4) is 11.1 Å². The van der Waals surface area contributed by atoms with Crippen LogP contribution in [-0.4, -0.2) is 4.98 Å². The molecule has 0 bridgehead atoms. The number of benzene rings is 7. The lowest BCUT2D eigenvalue weighted by atomic mass is 9.91. The van der Waals surface area contributed by atoms with E-state index < -0.39 is 0 Å². The Hall–Kier alpha value is -5.93. The maximum absolute atomic E-state index is 6.23. The Morgan fingerprint density at radius 2 is 1.20 bits per heavy atom. The molecule has 2 aromatic heterocycles. The number of aromatic nitrogens is 1. The van der Waals surface area contributed by atoms with Crippen LogP contribution in [0, 0.1) is 0 Å². The molecule has 0 aliphatic carbocycles. The van der Waals surface area contributed by atoms with Gasteiger partial charge in [0, 0.05) is 29.2 Å². The third-order valence-corrected chi connectivity index (χ3v) is 8.73. The molecule has 0 saturated carbocycles. The van der Waals surface area contributed by atoms with Crippen LogP contribution in [0.2, 0.25) is 0 Å². The molecule has 0 aliphatic rings. The van der Waals surface area contributed by atoms with Gasteiger partial charge in [-0.25, -0.2) is 0 Å². The summed E-state index contributed by atoms with van der Waals surface area (Å²) in [7, 11) is 0. The van der Waals surface area contributed by atoms with E-state index in [2.05, 4.69) is 143 Å². The molecule has 206 valence electrons. The van der Waals surface area contributed by atoms with Crippen molar-refractivity contribution in [2.75, 3.05) is 4.90 Å². The van der Waals surface area contributed by atoms with Gasteiger partial charge in [-0.15, -0.1) is 0 Å². The molecule has 3 nitrogen and oxygen atoms in total. The first kappa shape index (κ1) is 24.6. The Labute approximate surface area is 254 Å². The van der Waals surface area contributed by atoms with E-state index in [0.717, 1.165) is 39.0 Å². The summed E-state index contributed by atoms with van der Waals surface area (Å²) in [6.07, 6.45) is 3.67. The number of para-hydroxylation sites is 1. The summed E-state index contributed by atoms with van der Waals surface area (Å²) >= 11 is 0. The lowest BCUT2D eigenvalue weighted by Gasteiger charge is -2.26. The second-order valence-electron chi connectivity index (χ2n) is 11.2. The number of pyridine rings is 1. The standard InChI is InChI=1S/C41H26N2O/c1-2-10-29(11-3-1)43(38-15-8-16-40-41(38)37-26-42-24-23-39(37)44-40)30-20-17-28(18-21-30)35-25-36-31-12-5-4-9-27(31)19-22-34(36)32-13-6-7-14-33(32)35/h1-26H. The lowest BCUT2D eigenvalue weighted by Crippen LogP contribution is -2.10. The fraction of sp³-hybridized carbons (Fsp3) is 0. The zero-order valence-corrected chi connectivity index (χ0v) is 23.8. The first-order valence-electron chi connectivity index (χ1n) is 14.9. The number of nitrogens with zero attached hydrogens (tertiary/aromatic N) is 2. The maximum Gasteiger partial charge on any atom is 0.138 e. The van der Waals surface area contributed by atoms with Gasteiger partial charge in [0.1, 0.15) is 11.2 Å². The van der Waals surface area contributed by atoms with Gasteiger partial charge < -0.3 is 9.32 Å². The number of furan rings is 1. The summed E-state index contributed by atoms with van der Waals surface area (Å²) < 4.78 is 6.23. The van der Waals surface area contributed by atoms with Crippen LogP contribution in [0.25, 0.3) is 65.4 Å². The van der Waals surface area contributed by atoms with E-state index >= 15 is 0 Å². The topological polar surface area (TPSA) is 29.3 Å². The van der Waals surface area contributed by atoms with Crippen LogP contribution >= 0.6 is 0 Å². The van der Waals surface area contributed by atoms with Crippen molar-refractivity contribution in [2.45, 2.75) is 0 Å². The fourth-order valence-corrected chi connectivity index (χ4v) is 6.73. The number of hydrogen-bond donors (Lipinski definition) is 0. The Kier molecular flexibility index (Phi) is 5.50. The van der Waals surface area contributed by atoms with Gasteiger partial charge in [0.05, 0.1) is 11.1 Å². The lowest BCUT2D eigenvalue weighted by molar-refractivity contribution is 0.668. The van der Waals surface area contributed by atoms with E-state index in [1.165, 1.54) is 43.4 Å². The molecule has 3 heteroatoms. The number of fused-ring (bicyclic) bond motifs is 8. The number of anilines is 3. The van der Waals surface area contributed by atoms with Crippen molar-refractivity contribution in [3.63, 3.8) is 0 Å². The van der Waals surface area contributed by atoms with Crippen molar-refractivity contribution in [3.05, 3.63) is 158 Å². The Balaban J connectivity index is 1.25. The molecule has 0 radical (unpaired) electrons. The summed E-state index contributed by atoms with van der Waals surface area (Å²) in [6.45, 7) is 0. The van der Waals surface area contributed by atoms with Crippen molar-refractivity contribution >= 4 is 71.3 Å². The highest BCUT2D eigenvalue weighted by molar-refractivity contribution is 6.21. The number of hydrogen-bond acceptors (Lipinski definition) is 3. The second kappa shape index (κ2) is 9.82. The Morgan fingerprint density at radius 3 is 2.07 bits per heavy atom. The average Bonchev–Trinajstić information content (AvgIpc) is 3.48. The van der Waals surface area contributed by atoms with Gasteiger partial charge in [0.2, 0.25) is 0 Å². The van der Waals surface area contributed by atoms with Crippen LogP contribution in [0.3, 0.4) is 0 Å². The normalized spacial score (nSPS) is 11.6. The first-order chi connectivity index (χ1) is 21.8. The largest absolute Gasteiger partial charge is 0.456 e. The molecule has 0 N–H and O–H groups in total. The van der Waals surface area contributed by atoms with Crippen LogP contribution in [0.15, 0.2) is 162 Å². The average molecular weight is 563 g/mol. The third kappa shape index (κ3) is 3.80. The van der Waals surface area contributed by atoms with Gasteiger partial charge in [-0.2, -0.15) is 0 Å². The van der Waals surface area contributed by atoms with E-state index in [0.29, 0.717) is 0 Å².